The van der Waals surface area contributed by atoms with E-state index < -0.39 is 16.0 Å². The fraction of sp³-hybridized carbons (Fsp3) is 0.300. The number of nitrogens with zero attached hydrogens (tertiary/aromatic N) is 1. The van der Waals surface area contributed by atoms with Gasteiger partial charge in [0.2, 0.25) is 15.9 Å². The molecule has 0 spiro atoms. The van der Waals surface area contributed by atoms with E-state index in [4.69, 9.17) is 16.3 Å². The molecule has 0 unspecified atom stereocenters. The van der Waals surface area contributed by atoms with Gasteiger partial charge in [-0.2, -0.15) is 0 Å². The van der Waals surface area contributed by atoms with Crippen molar-refractivity contribution < 1.29 is 22.7 Å². The molecule has 0 aliphatic heterocycles. The second-order valence-corrected chi connectivity index (χ2v) is 8.78. The summed E-state index contributed by atoms with van der Waals surface area (Å²) < 4.78 is 30.2. The maximum absolute atomic E-state index is 12.3. The SMILES string of the molecule is COC(=O)c1cccc(NC(=O)CCCN(c2cccc(Cl)c2)S(C)(=O)=O)c1C. The highest BCUT2D eigenvalue weighted by Crippen LogP contribution is 2.23. The van der Waals surface area contributed by atoms with Gasteiger partial charge in [-0.1, -0.05) is 23.7 Å². The lowest BCUT2D eigenvalue weighted by Crippen LogP contribution is -2.31. The molecule has 2 aromatic rings. The van der Waals surface area contributed by atoms with Crippen molar-refractivity contribution in [3.63, 3.8) is 0 Å². The summed E-state index contributed by atoms with van der Waals surface area (Å²) in [5.74, 6) is -0.765. The van der Waals surface area contributed by atoms with Crippen molar-refractivity contribution in [2.24, 2.45) is 0 Å². The maximum Gasteiger partial charge on any atom is 0.338 e. The van der Waals surface area contributed by atoms with Crippen molar-refractivity contribution in [2.75, 3.05) is 29.5 Å². The summed E-state index contributed by atoms with van der Waals surface area (Å²) in [6.45, 7) is 1.85. The number of benzene rings is 2. The van der Waals surface area contributed by atoms with E-state index in [1.54, 1.807) is 49.4 Å². The summed E-state index contributed by atoms with van der Waals surface area (Å²) in [6, 6.07) is 11.5. The Balaban J connectivity index is 2.02. The first-order chi connectivity index (χ1) is 13.6. The molecule has 156 valence electrons. The van der Waals surface area contributed by atoms with E-state index in [-0.39, 0.29) is 18.9 Å². The van der Waals surface area contributed by atoms with E-state index in [1.165, 1.54) is 11.4 Å². The molecular formula is C20H23ClN2O5S. The zero-order chi connectivity index (χ0) is 21.6. The van der Waals surface area contributed by atoms with Gasteiger partial charge < -0.3 is 10.1 Å². The van der Waals surface area contributed by atoms with Crippen LogP contribution >= 0.6 is 11.6 Å². The number of methoxy groups -OCH3 is 1. The summed E-state index contributed by atoms with van der Waals surface area (Å²) >= 11 is 5.96. The molecular weight excluding hydrogens is 416 g/mol. The minimum Gasteiger partial charge on any atom is -0.465 e. The van der Waals surface area contributed by atoms with Gasteiger partial charge in [-0.15, -0.1) is 0 Å². The first kappa shape index (κ1) is 22.7. The summed E-state index contributed by atoms with van der Waals surface area (Å²) in [7, 11) is -2.23. The molecule has 0 aliphatic rings. The predicted octanol–water partition coefficient (Wildman–Crippen LogP) is 3.62. The second kappa shape index (κ2) is 9.76. The van der Waals surface area contributed by atoms with E-state index in [0.717, 1.165) is 6.26 Å². The molecule has 0 aliphatic carbocycles. The monoisotopic (exact) mass is 438 g/mol. The highest BCUT2D eigenvalue weighted by Gasteiger charge is 2.18. The standard InChI is InChI=1S/C20H23ClN2O5S/c1-14-17(20(25)28-2)9-5-10-18(14)22-19(24)11-6-12-23(29(3,26)27)16-8-4-7-15(21)13-16/h4-5,7-10,13H,6,11-12H2,1-3H3,(H,22,24). The van der Waals surface area contributed by atoms with Crippen LogP contribution in [0.3, 0.4) is 0 Å². The van der Waals surface area contributed by atoms with Gasteiger partial charge in [0.1, 0.15) is 0 Å². The van der Waals surface area contributed by atoms with Gasteiger partial charge in [-0.05, 0) is 49.2 Å². The van der Waals surface area contributed by atoms with E-state index in [1.807, 2.05) is 0 Å². The number of amides is 1. The van der Waals surface area contributed by atoms with Crippen LogP contribution in [0.1, 0.15) is 28.8 Å². The van der Waals surface area contributed by atoms with Gasteiger partial charge in [0.25, 0.3) is 0 Å². The van der Waals surface area contributed by atoms with Crippen LogP contribution in [0.4, 0.5) is 11.4 Å². The molecule has 7 nitrogen and oxygen atoms in total. The van der Waals surface area contributed by atoms with Crippen LogP contribution in [0.15, 0.2) is 42.5 Å². The smallest absolute Gasteiger partial charge is 0.338 e. The van der Waals surface area contributed by atoms with Crippen LogP contribution < -0.4 is 9.62 Å². The Morgan fingerprint density at radius 1 is 1.17 bits per heavy atom. The van der Waals surface area contributed by atoms with Gasteiger partial charge in [0.05, 0.1) is 24.6 Å². The number of esters is 1. The molecule has 1 amide bonds. The topological polar surface area (TPSA) is 92.8 Å². The van der Waals surface area contributed by atoms with Gasteiger partial charge in [-0.25, -0.2) is 13.2 Å². The first-order valence-electron chi connectivity index (χ1n) is 8.84. The zero-order valence-electron chi connectivity index (χ0n) is 16.4. The molecule has 9 heteroatoms. The van der Waals surface area contributed by atoms with Gasteiger partial charge in [0, 0.05) is 23.7 Å². The lowest BCUT2D eigenvalue weighted by molar-refractivity contribution is -0.116. The summed E-state index contributed by atoms with van der Waals surface area (Å²) in [5, 5.41) is 3.18. The maximum atomic E-state index is 12.3. The van der Waals surface area contributed by atoms with Crippen molar-refractivity contribution in [1.82, 2.24) is 0 Å². The van der Waals surface area contributed by atoms with Crippen molar-refractivity contribution in [3.05, 3.63) is 58.6 Å². The van der Waals surface area contributed by atoms with E-state index >= 15 is 0 Å². The van der Waals surface area contributed by atoms with Crippen LogP contribution in [-0.4, -0.2) is 40.2 Å². The second-order valence-electron chi connectivity index (χ2n) is 6.44. The molecule has 0 bridgehead atoms. The third-order valence-electron chi connectivity index (χ3n) is 4.27. The number of carbonyl (C=O) groups is 2. The van der Waals surface area contributed by atoms with Crippen molar-refractivity contribution in [1.29, 1.82) is 0 Å². The van der Waals surface area contributed by atoms with Crippen molar-refractivity contribution in [2.45, 2.75) is 19.8 Å². The number of hydrogen-bond donors (Lipinski definition) is 1. The van der Waals surface area contributed by atoms with Crippen molar-refractivity contribution in [3.8, 4) is 0 Å². The third kappa shape index (κ3) is 6.20. The fourth-order valence-electron chi connectivity index (χ4n) is 2.82. The average Bonchev–Trinajstić information content (AvgIpc) is 2.65. The first-order valence-corrected chi connectivity index (χ1v) is 11.1. The summed E-state index contributed by atoms with van der Waals surface area (Å²) in [6.07, 6.45) is 1.52. The number of anilines is 2. The minimum absolute atomic E-state index is 0.106. The Bertz CT molecular complexity index is 1010. The number of sulfonamides is 1. The number of nitrogens with one attached hydrogen (secondary N) is 1. The number of carbonyl (C=O) groups excluding carboxylic acids is 2. The molecule has 0 atom stereocenters. The Morgan fingerprint density at radius 2 is 1.86 bits per heavy atom. The quantitative estimate of drug-likeness (QED) is 0.635. The predicted molar refractivity (Wildman–Crippen MR) is 114 cm³/mol. The summed E-state index contributed by atoms with van der Waals surface area (Å²) in [5.41, 5.74) is 1.92. The Hall–Kier alpha value is -2.58. The molecule has 0 radical (unpaired) electrons. The van der Waals surface area contributed by atoms with Gasteiger partial charge >= 0.3 is 5.97 Å². The van der Waals surface area contributed by atoms with Crippen LogP contribution in [0, 0.1) is 6.92 Å². The van der Waals surface area contributed by atoms with E-state index in [0.29, 0.717) is 33.9 Å². The number of rotatable bonds is 8. The zero-order valence-corrected chi connectivity index (χ0v) is 18.0. The van der Waals surface area contributed by atoms with Crippen molar-refractivity contribution >= 4 is 44.9 Å². The molecule has 0 saturated heterocycles. The molecule has 1 N–H and O–H groups in total. The molecule has 2 rings (SSSR count). The number of hydrogen-bond acceptors (Lipinski definition) is 5. The highest BCUT2D eigenvalue weighted by molar-refractivity contribution is 7.92. The average molecular weight is 439 g/mol. The fourth-order valence-corrected chi connectivity index (χ4v) is 3.96. The Kier molecular flexibility index (Phi) is 7.64. The van der Waals surface area contributed by atoms with E-state index in [9.17, 15) is 18.0 Å². The normalized spacial score (nSPS) is 11.0. The molecule has 0 fully saturated rings. The molecule has 2 aromatic carbocycles. The Morgan fingerprint density at radius 3 is 2.48 bits per heavy atom. The molecule has 0 aromatic heterocycles. The van der Waals surface area contributed by atoms with Gasteiger partial charge in [0.15, 0.2) is 0 Å². The van der Waals surface area contributed by atoms with Crippen LogP contribution in [-0.2, 0) is 19.6 Å². The molecule has 0 saturated carbocycles. The number of halogens is 1. The van der Waals surface area contributed by atoms with Crippen LogP contribution in [0.5, 0.6) is 0 Å². The lowest BCUT2D eigenvalue weighted by Gasteiger charge is -2.22. The Labute approximate surface area is 175 Å². The largest absolute Gasteiger partial charge is 0.465 e. The highest BCUT2D eigenvalue weighted by atomic mass is 35.5. The molecule has 29 heavy (non-hydrogen) atoms. The lowest BCUT2D eigenvalue weighted by atomic mass is 10.1. The van der Waals surface area contributed by atoms with Gasteiger partial charge in [-0.3, -0.25) is 9.10 Å². The minimum atomic E-state index is -3.52. The molecule has 0 heterocycles. The number of ether oxygens (including phenoxy) is 1. The summed E-state index contributed by atoms with van der Waals surface area (Å²) in [4.78, 5) is 24.1. The van der Waals surface area contributed by atoms with Crippen LogP contribution in [0.2, 0.25) is 5.02 Å². The van der Waals surface area contributed by atoms with Crippen LogP contribution in [0.25, 0.3) is 0 Å². The third-order valence-corrected chi connectivity index (χ3v) is 5.70. The van der Waals surface area contributed by atoms with E-state index in [2.05, 4.69) is 5.32 Å².